The fourth-order valence-corrected chi connectivity index (χ4v) is 2.93. The summed E-state index contributed by atoms with van der Waals surface area (Å²) in [6.45, 7) is 10.3. The molecule has 25 heavy (non-hydrogen) atoms. The third-order valence-corrected chi connectivity index (χ3v) is 4.17. The normalized spacial score (nSPS) is 19.8. The van der Waals surface area contributed by atoms with E-state index in [1.165, 1.54) is 0 Å². The number of ether oxygens (including phenoxy) is 1. The molecule has 0 spiro atoms. The molecule has 0 saturated carbocycles. The molecule has 2 aliphatic rings. The molecule has 0 aromatic rings. The SMILES string of the molecule is CCCC1=NCCN=C(NC2CCN(C(=O)OC(C)(C)C)CC2)C1=N. The molecular weight excluding hydrogens is 318 g/mol. The summed E-state index contributed by atoms with van der Waals surface area (Å²) < 4.78 is 5.43. The van der Waals surface area contributed by atoms with Crippen LogP contribution in [0, 0.1) is 5.41 Å². The Kier molecular flexibility index (Phi) is 6.56. The van der Waals surface area contributed by atoms with Gasteiger partial charge in [-0.2, -0.15) is 0 Å². The van der Waals surface area contributed by atoms with Gasteiger partial charge in [0, 0.05) is 19.1 Å². The van der Waals surface area contributed by atoms with E-state index in [0.29, 0.717) is 37.7 Å². The Bertz CT molecular complexity index is 554. The minimum Gasteiger partial charge on any atom is -0.444 e. The Morgan fingerprint density at radius 3 is 2.52 bits per heavy atom. The van der Waals surface area contributed by atoms with Crippen LogP contribution in [0.3, 0.4) is 0 Å². The van der Waals surface area contributed by atoms with Crippen LogP contribution < -0.4 is 5.32 Å². The molecular formula is C18H31N5O2. The molecule has 2 aliphatic heterocycles. The highest BCUT2D eigenvalue weighted by Gasteiger charge is 2.28. The van der Waals surface area contributed by atoms with Crippen LogP contribution in [0.1, 0.15) is 53.4 Å². The molecule has 1 saturated heterocycles. The summed E-state index contributed by atoms with van der Waals surface area (Å²) in [6, 6.07) is 0.221. The van der Waals surface area contributed by atoms with Gasteiger partial charge in [0.05, 0.1) is 18.8 Å². The maximum Gasteiger partial charge on any atom is 0.410 e. The summed E-state index contributed by atoms with van der Waals surface area (Å²) in [5.74, 6) is 0.653. The molecule has 1 fully saturated rings. The van der Waals surface area contributed by atoms with E-state index in [1.54, 1.807) is 4.90 Å². The van der Waals surface area contributed by atoms with E-state index in [9.17, 15) is 4.79 Å². The lowest BCUT2D eigenvalue weighted by molar-refractivity contribution is 0.0203. The Hall–Kier alpha value is -1.92. The molecule has 0 aromatic heterocycles. The van der Waals surface area contributed by atoms with E-state index in [1.807, 2.05) is 20.8 Å². The number of rotatable bonds is 3. The van der Waals surface area contributed by atoms with Crippen molar-refractivity contribution < 1.29 is 9.53 Å². The molecule has 0 aromatic carbocycles. The number of hydrogen-bond acceptors (Lipinski definition) is 6. The molecule has 0 aliphatic carbocycles. The van der Waals surface area contributed by atoms with Crippen LogP contribution in [-0.4, -0.2) is 66.1 Å². The minimum atomic E-state index is -0.467. The molecule has 140 valence electrons. The third-order valence-electron chi connectivity index (χ3n) is 4.17. The van der Waals surface area contributed by atoms with Crippen LogP contribution in [-0.2, 0) is 4.74 Å². The highest BCUT2D eigenvalue weighted by molar-refractivity contribution is 6.67. The third kappa shape index (κ3) is 5.83. The van der Waals surface area contributed by atoms with Gasteiger partial charge in [0.2, 0.25) is 0 Å². The maximum absolute atomic E-state index is 12.1. The zero-order valence-electron chi connectivity index (χ0n) is 15.9. The second-order valence-corrected chi connectivity index (χ2v) is 7.57. The fourth-order valence-electron chi connectivity index (χ4n) is 2.93. The van der Waals surface area contributed by atoms with Crippen molar-refractivity contribution in [1.29, 1.82) is 5.41 Å². The first-order chi connectivity index (χ1) is 11.8. The van der Waals surface area contributed by atoms with Gasteiger partial charge in [-0.1, -0.05) is 13.3 Å². The highest BCUT2D eigenvalue weighted by atomic mass is 16.6. The van der Waals surface area contributed by atoms with Gasteiger partial charge in [-0.15, -0.1) is 0 Å². The van der Waals surface area contributed by atoms with Crippen LogP contribution in [0.15, 0.2) is 9.98 Å². The number of piperidine rings is 1. The van der Waals surface area contributed by atoms with Gasteiger partial charge in [0.15, 0.2) is 0 Å². The predicted molar refractivity (Wildman–Crippen MR) is 101 cm³/mol. The van der Waals surface area contributed by atoms with Crippen LogP contribution in [0.25, 0.3) is 0 Å². The quantitative estimate of drug-likeness (QED) is 0.821. The van der Waals surface area contributed by atoms with Gasteiger partial charge in [-0.25, -0.2) is 4.79 Å². The van der Waals surface area contributed by atoms with Gasteiger partial charge >= 0.3 is 6.09 Å². The molecule has 0 bridgehead atoms. The zero-order chi connectivity index (χ0) is 18.4. The van der Waals surface area contributed by atoms with E-state index >= 15 is 0 Å². The van der Waals surface area contributed by atoms with E-state index < -0.39 is 5.60 Å². The smallest absolute Gasteiger partial charge is 0.410 e. The van der Waals surface area contributed by atoms with Crippen LogP contribution in [0.4, 0.5) is 4.79 Å². The monoisotopic (exact) mass is 349 g/mol. The van der Waals surface area contributed by atoms with Gasteiger partial charge in [-0.3, -0.25) is 15.4 Å². The first kappa shape index (κ1) is 19.4. The van der Waals surface area contributed by atoms with Crippen LogP contribution >= 0.6 is 0 Å². The van der Waals surface area contributed by atoms with Gasteiger partial charge in [0.25, 0.3) is 0 Å². The van der Waals surface area contributed by atoms with Crippen molar-refractivity contribution in [2.24, 2.45) is 9.98 Å². The molecule has 2 heterocycles. The van der Waals surface area contributed by atoms with Crippen molar-refractivity contribution in [3.8, 4) is 0 Å². The van der Waals surface area contributed by atoms with Crippen LogP contribution in [0.2, 0.25) is 0 Å². The number of carbonyl (C=O) groups is 1. The van der Waals surface area contributed by atoms with Crippen molar-refractivity contribution in [3.63, 3.8) is 0 Å². The fraction of sp³-hybridized carbons (Fsp3) is 0.778. The molecule has 0 unspecified atom stereocenters. The maximum atomic E-state index is 12.1. The van der Waals surface area contributed by atoms with E-state index in [-0.39, 0.29) is 12.1 Å². The van der Waals surface area contributed by atoms with Gasteiger partial charge < -0.3 is 15.0 Å². The number of nitrogens with one attached hydrogen (secondary N) is 2. The largest absolute Gasteiger partial charge is 0.444 e. The average molecular weight is 349 g/mol. The highest BCUT2D eigenvalue weighted by Crippen LogP contribution is 2.16. The Balaban J connectivity index is 1.87. The Morgan fingerprint density at radius 2 is 1.92 bits per heavy atom. The van der Waals surface area contributed by atoms with Crippen molar-refractivity contribution in [2.45, 2.75) is 65.0 Å². The summed E-state index contributed by atoms with van der Waals surface area (Å²) in [6.07, 6.45) is 3.19. The molecule has 0 radical (unpaired) electrons. The summed E-state index contributed by atoms with van der Waals surface area (Å²) in [4.78, 5) is 22.9. The van der Waals surface area contributed by atoms with Gasteiger partial charge in [0.1, 0.15) is 17.1 Å². The lowest BCUT2D eigenvalue weighted by atomic mass is 10.0. The molecule has 7 nitrogen and oxygen atoms in total. The summed E-state index contributed by atoms with van der Waals surface area (Å²) >= 11 is 0. The Morgan fingerprint density at radius 1 is 1.28 bits per heavy atom. The number of likely N-dealkylation sites (tertiary alicyclic amines) is 1. The summed E-state index contributed by atoms with van der Waals surface area (Å²) in [7, 11) is 0. The number of aliphatic imine (C=N–C) groups is 2. The van der Waals surface area contributed by atoms with E-state index in [0.717, 1.165) is 31.4 Å². The Labute approximate surface area is 150 Å². The first-order valence-corrected chi connectivity index (χ1v) is 9.21. The van der Waals surface area contributed by atoms with Crippen molar-refractivity contribution >= 4 is 23.4 Å². The molecule has 2 N–H and O–H groups in total. The van der Waals surface area contributed by atoms with Crippen LogP contribution in [0.5, 0.6) is 0 Å². The standard InChI is InChI=1S/C18H31N5O2/c1-5-6-14-15(19)16(21-10-9-20-14)22-13-7-11-23(12-8-13)17(24)25-18(2,3)4/h13,19H,5-12H2,1-4H3,(H,21,22). The number of amides is 1. The lowest BCUT2D eigenvalue weighted by Crippen LogP contribution is -2.49. The summed E-state index contributed by atoms with van der Waals surface area (Å²) in [5.41, 5.74) is 0.803. The van der Waals surface area contributed by atoms with Crippen molar-refractivity contribution in [1.82, 2.24) is 10.2 Å². The number of hydrogen-bond donors (Lipinski definition) is 2. The number of carbonyl (C=O) groups excluding carboxylic acids is 1. The molecule has 1 amide bonds. The van der Waals surface area contributed by atoms with Gasteiger partial charge in [-0.05, 0) is 40.0 Å². The van der Waals surface area contributed by atoms with Crippen molar-refractivity contribution in [2.75, 3.05) is 26.2 Å². The first-order valence-electron chi connectivity index (χ1n) is 9.21. The zero-order valence-corrected chi connectivity index (χ0v) is 15.9. The van der Waals surface area contributed by atoms with E-state index in [4.69, 9.17) is 10.1 Å². The number of amidine groups is 1. The number of nitrogens with zero attached hydrogens (tertiary/aromatic N) is 3. The predicted octanol–water partition coefficient (Wildman–Crippen LogP) is 2.65. The summed E-state index contributed by atoms with van der Waals surface area (Å²) in [5, 5.41) is 11.8. The molecule has 0 atom stereocenters. The van der Waals surface area contributed by atoms with Crippen molar-refractivity contribution in [3.05, 3.63) is 0 Å². The second kappa shape index (κ2) is 8.45. The van der Waals surface area contributed by atoms with E-state index in [2.05, 4.69) is 22.2 Å². The minimum absolute atomic E-state index is 0.221. The molecule has 7 heteroatoms. The average Bonchev–Trinajstić information content (AvgIpc) is 2.70. The lowest BCUT2D eigenvalue weighted by Gasteiger charge is -2.34. The topological polar surface area (TPSA) is 90.1 Å². The molecule has 2 rings (SSSR count). The second-order valence-electron chi connectivity index (χ2n) is 7.57.